The van der Waals surface area contributed by atoms with Crippen LogP contribution in [0, 0.1) is 0 Å². The van der Waals surface area contributed by atoms with Crippen LogP contribution in [0.2, 0.25) is 0 Å². The molecule has 0 radical (unpaired) electrons. The summed E-state index contributed by atoms with van der Waals surface area (Å²) in [5.41, 5.74) is 10.3. The summed E-state index contributed by atoms with van der Waals surface area (Å²) >= 11 is 1.82. The van der Waals surface area contributed by atoms with Gasteiger partial charge in [0.1, 0.15) is 0 Å². The molecule has 0 saturated carbocycles. The van der Waals surface area contributed by atoms with Crippen molar-refractivity contribution in [2.75, 3.05) is 0 Å². The van der Waals surface area contributed by atoms with Crippen LogP contribution >= 0.6 is 11.3 Å². The van der Waals surface area contributed by atoms with Gasteiger partial charge in [-0.3, -0.25) is 4.40 Å². The van der Waals surface area contributed by atoms with Gasteiger partial charge in [0, 0.05) is 32.2 Å². The van der Waals surface area contributed by atoms with E-state index >= 15 is 0 Å². The van der Waals surface area contributed by atoms with E-state index in [0.29, 0.717) is 17.5 Å². The summed E-state index contributed by atoms with van der Waals surface area (Å²) in [6, 6.07) is 71.0. The Balaban J connectivity index is 0.993. The standard InChI is InChI=1S/C56H33N5S/c1-3-11-34(12-4-1)35-19-23-38(24-20-35)54-58-53(37-13-5-2-6-14-37)59-55(60-54)39-25-21-36(22-26-39)49-33-47-46-29-42-17-9-10-18-43(42)32-51(46)62-52(47)56-57-48-30-44-27-40-15-7-8-16-41(40)28-45(44)31-50(48)61(49)56/h1-33H. The zero-order valence-corrected chi connectivity index (χ0v) is 34.0. The lowest BCUT2D eigenvalue weighted by Gasteiger charge is -2.11. The zero-order chi connectivity index (χ0) is 40.7. The van der Waals surface area contributed by atoms with Crippen LogP contribution in [-0.2, 0) is 0 Å². The Morgan fingerprint density at radius 1 is 0.339 bits per heavy atom. The zero-order valence-electron chi connectivity index (χ0n) is 33.2. The summed E-state index contributed by atoms with van der Waals surface area (Å²) in [5, 5.41) is 9.76. The van der Waals surface area contributed by atoms with E-state index in [0.717, 1.165) is 50.2 Å². The predicted octanol–water partition coefficient (Wildman–Crippen LogP) is 14.8. The van der Waals surface area contributed by atoms with Crippen LogP contribution in [0.4, 0.5) is 0 Å². The first-order chi connectivity index (χ1) is 30.7. The van der Waals surface area contributed by atoms with E-state index in [2.05, 4.69) is 168 Å². The number of pyridine rings is 1. The van der Waals surface area contributed by atoms with Gasteiger partial charge in [0.2, 0.25) is 0 Å². The van der Waals surface area contributed by atoms with Gasteiger partial charge in [-0.15, -0.1) is 11.3 Å². The molecular weight excluding hydrogens is 775 g/mol. The highest BCUT2D eigenvalue weighted by atomic mass is 32.1. The highest BCUT2D eigenvalue weighted by Crippen LogP contribution is 2.43. The summed E-state index contributed by atoms with van der Waals surface area (Å²) < 4.78 is 4.81. The lowest BCUT2D eigenvalue weighted by Crippen LogP contribution is -2.00. The van der Waals surface area contributed by atoms with Crippen molar-refractivity contribution < 1.29 is 0 Å². The summed E-state index contributed by atoms with van der Waals surface area (Å²) in [6.07, 6.45) is 0. The minimum atomic E-state index is 0.621. The Hall–Kier alpha value is -8.06. The second-order valence-electron chi connectivity index (χ2n) is 15.9. The molecule has 0 saturated heterocycles. The van der Waals surface area contributed by atoms with Crippen LogP contribution < -0.4 is 0 Å². The molecular formula is C56H33N5S. The van der Waals surface area contributed by atoms with E-state index in [1.165, 1.54) is 58.1 Å². The molecule has 0 aliphatic carbocycles. The molecule has 4 heterocycles. The molecule has 6 heteroatoms. The number of hydrogen-bond donors (Lipinski definition) is 0. The van der Waals surface area contributed by atoms with E-state index in [1.54, 1.807) is 0 Å². The summed E-state index contributed by atoms with van der Waals surface area (Å²) in [7, 11) is 0. The van der Waals surface area contributed by atoms with Gasteiger partial charge in [-0.05, 0) is 91.5 Å². The third kappa shape index (κ3) is 5.69. The molecule has 0 amide bonds. The van der Waals surface area contributed by atoms with Gasteiger partial charge in [-0.1, -0.05) is 158 Å². The number of benzene rings is 9. The lowest BCUT2D eigenvalue weighted by atomic mass is 10.0. The minimum Gasteiger partial charge on any atom is -0.291 e. The Labute approximate surface area is 359 Å². The van der Waals surface area contributed by atoms with Crippen molar-refractivity contribution in [3.63, 3.8) is 0 Å². The van der Waals surface area contributed by atoms with Gasteiger partial charge < -0.3 is 0 Å². The van der Waals surface area contributed by atoms with Crippen molar-refractivity contribution in [3.05, 3.63) is 200 Å². The van der Waals surface area contributed by atoms with E-state index < -0.39 is 0 Å². The Morgan fingerprint density at radius 2 is 0.806 bits per heavy atom. The largest absolute Gasteiger partial charge is 0.291 e. The first-order valence-electron chi connectivity index (χ1n) is 20.8. The number of rotatable bonds is 5. The van der Waals surface area contributed by atoms with Crippen molar-refractivity contribution in [3.8, 4) is 56.5 Å². The smallest absolute Gasteiger partial charge is 0.164 e. The molecule has 0 atom stereocenters. The van der Waals surface area contributed by atoms with Crippen molar-refractivity contribution >= 4 is 80.5 Å². The van der Waals surface area contributed by atoms with Crippen molar-refractivity contribution in [2.45, 2.75) is 0 Å². The quantitative estimate of drug-likeness (QED) is 0.163. The third-order valence-corrected chi connectivity index (χ3v) is 13.3. The van der Waals surface area contributed by atoms with Crippen LogP contribution in [0.15, 0.2) is 200 Å². The van der Waals surface area contributed by atoms with E-state index in [9.17, 15) is 0 Å². The van der Waals surface area contributed by atoms with Crippen LogP contribution in [0.3, 0.4) is 0 Å². The van der Waals surface area contributed by atoms with Crippen molar-refractivity contribution in [2.24, 2.45) is 0 Å². The molecule has 9 aromatic carbocycles. The first kappa shape index (κ1) is 34.8. The second-order valence-corrected chi connectivity index (χ2v) is 17.0. The fourth-order valence-corrected chi connectivity index (χ4v) is 10.2. The highest BCUT2D eigenvalue weighted by molar-refractivity contribution is 7.26. The Morgan fingerprint density at radius 3 is 1.42 bits per heavy atom. The molecule has 0 unspecified atom stereocenters. The Kier molecular flexibility index (Phi) is 7.71. The molecule has 0 aliphatic heterocycles. The molecule has 4 aromatic heterocycles. The molecule has 5 nitrogen and oxygen atoms in total. The molecule has 13 aromatic rings. The van der Waals surface area contributed by atoms with E-state index in [4.69, 9.17) is 19.9 Å². The number of hydrogen-bond acceptors (Lipinski definition) is 5. The maximum absolute atomic E-state index is 5.44. The minimum absolute atomic E-state index is 0.621. The van der Waals surface area contributed by atoms with Crippen molar-refractivity contribution in [1.82, 2.24) is 24.3 Å². The van der Waals surface area contributed by atoms with Gasteiger partial charge >= 0.3 is 0 Å². The maximum atomic E-state index is 5.44. The van der Waals surface area contributed by atoms with E-state index in [1.807, 2.05) is 47.7 Å². The van der Waals surface area contributed by atoms with Gasteiger partial charge in [-0.2, -0.15) is 0 Å². The maximum Gasteiger partial charge on any atom is 0.164 e. The monoisotopic (exact) mass is 807 g/mol. The van der Waals surface area contributed by atoms with Gasteiger partial charge in [0.25, 0.3) is 0 Å². The summed E-state index contributed by atoms with van der Waals surface area (Å²) in [6.45, 7) is 0. The highest BCUT2D eigenvalue weighted by Gasteiger charge is 2.20. The van der Waals surface area contributed by atoms with Crippen LogP contribution in [0.5, 0.6) is 0 Å². The fourth-order valence-electron chi connectivity index (χ4n) is 9.02. The number of nitrogens with zero attached hydrogens (tertiary/aromatic N) is 5. The molecule has 0 spiro atoms. The van der Waals surface area contributed by atoms with Crippen LogP contribution in [0.25, 0.3) is 126 Å². The average molecular weight is 808 g/mol. The number of fused-ring (bicyclic) bond motifs is 10. The molecule has 0 fully saturated rings. The van der Waals surface area contributed by atoms with E-state index in [-0.39, 0.29) is 0 Å². The van der Waals surface area contributed by atoms with Gasteiger partial charge in [-0.25, -0.2) is 19.9 Å². The average Bonchev–Trinajstić information content (AvgIpc) is 3.89. The SMILES string of the molecule is c1ccc(-c2ccc(-c3nc(-c4ccccc4)nc(-c4ccc(-c5cc6c7cc8ccccc8cc7sc6c6nc7cc8cc9ccccc9cc8cc7n56)cc4)n3)cc2)cc1. The lowest BCUT2D eigenvalue weighted by molar-refractivity contribution is 1.07. The molecule has 288 valence electrons. The first-order valence-corrected chi connectivity index (χ1v) is 21.6. The number of aromatic nitrogens is 5. The van der Waals surface area contributed by atoms with Crippen LogP contribution in [0.1, 0.15) is 0 Å². The fraction of sp³-hybridized carbons (Fsp3) is 0. The molecule has 13 rings (SSSR count). The molecule has 62 heavy (non-hydrogen) atoms. The Bertz CT molecular complexity index is 3880. The molecule has 0 N–H and O–H groups in total. The topological polar surface area (TPSA) is 56.0 Å². The number of thiophene rings is 1. The third-order valence-electron chi connectivity index (χ3n) is 12.2. The van der Waals surface area contributed by atoms with Gasteiger partial charge in [0.05, 0.1) is 21.4 Å². The number of imidazole rings is 1. The van der Waals surface area contributed by atoms with Crippen LogP contribution in [-0.4, -0.2) is 24.3 Å². The molecule has 0 bridgehead atoms. The second kappa shape index (κ2) is 13.7. The normalized spacial score (nSPS) is 11.9. The van der Waals surface area contributed by atoms with Crippen molar-refractivity contribution in [1.29, 1.82) is 0 Å². The van der Waals surface area contributed by atoms with Gasteiger partial charge in [0.15, 0.2) is 23.1 Å². The summed E-state index contributed by atoms with van der Waals surface area (Å²) in [4.78, 5) is 20.6. The molecule has 0 aliphatic rings. The summed E-state index contributed by atoms with van der Waals surface area (Å²) in [5.74, 6) is 1.89. The predicted molar refractivity (Wildman–Crippen MR) is 259 cm³/mol.